The number of rotatable bonds is 8. The van der Waals surface area contributed by atoms with Gasteiger partial charge in [0.05, 0.1) is 13.2 Å². The van der Waals surface area contributed by atoms with Crippen molar-refractivity contribution in [2.24, 2.45) is 5.92 Å². The predicted molar refractivity (Wildman–Crippen MR) is 98.7 cm³/mol. The second kappa shape index (κ2) is 9.33. The maximum atomic E-state index is 12.4. The Kier molecular flexibility index (Phi) is 7.15. The number of hydrogen-bond donors (Lipinski definition) is 1. The summed E-state index contributed by atoms with van der Waals surface area (Å²) in [6.07, 6.45) is 3.00. The molecule has 1 amide bonds. The van der Waals surface area contributed by atoms with Gasteiger partial charge in [0.25, 0.3) is 0 Å². The molecule has 1 atom stereocenters. The highest BCUT2D eigenvalue weighted by Gasteiger charge is 2.18. The summed E-state index contributed by atoms with van der Waals surface area (Å²) in [6, 6.07) is 8.36. The Bertz CT molecular complexity index is 745. The lowest BCUT2D eigenvalue weighted by molar-refractivity contribution is -0.117. The maximum absolute atomic E-state index is 12.4. The van der Waals surface area contributed by atoms with Crippen LogP contribution in [0.5, 0.6) is 11.5 Å². The van der Waals surface area contributed by atoms with E-state index in [4.69, 9.17) is 4.74 Å². The van der Waals surface area contributed by atoms with E-state index in [1.807, 2.05) is 31.4 Å². The number of thiophene rings is 1. The van der Waals surface area contributed by atoms with Crippen LogP contribution in [0.2, 0.25) is 0 Å². The minimum Gasteiger partial charge on any atom is -0.493 e. The Morgan fingerprint density at radius 1 is 1.23 bits per heavy atom. The standard InChI is InChI=1S/C19H21F2NO3S/c1-12(2)18(16-5-4-10-26-16)22-17(23)9-7-13-6-8-14(25-19(20)21)15(11-13)24-3/h4-12,18-19H,1-3H3,(H,22,23)/b9-7+. The Balaban J connectivity index is 2.07. The highest BCUT2D eigenvalue weighted by atomic mass is 32.1. The van der Waals surface area contributed by atoms with Crippen LogP contribution in [0.4, 0.5) is 8.78 Å². The van der Waals surface area contributed by atoms with Gasteiger partial charge in [0.15, 0.2) is 11.5 Å². The van der Waals surface area contributed by atoms with Crippen molar-refractivity contribution in [1.29, 1.82) is 0 Å². The fraction of sp³-hybridized carbons (Fsp3) is 0.316. The number of ether oxygens (including phenoxy) is 2. The summed E-state index contributed by atoms with van der Waals surface area (Å²) in [7, 11) is 1.36. The van der Waals surface area contributed by atoms with E-state index < -0.39 is 6.61 Å². The zero-order valence-electron chi connectivity index (χ0n) is 14.7. The molecule has 0 saturated carbocycles. The molecule has 140 valence electrons. The van der Waals surface area contributed by atoms with Crippen molar-refractivity contribution < 1.29 is 23.0 Å². The van der Waals surface area contributed by atoms with Crippen molar-refractivity contribution >= 4 is 23.3 Å². The van der Waals surface area contributed by atoms with Crippen molar-refractivity contribution in [3.63, 3.8) is 0 Å². The van der Waals surface area contributed by atoms with Crippen LogP contribution in [0.1, 0.15) is 30.3 Å². The number of amides is 1. The minimum atomic E-state index is -2.93. The first-order valence-electron chi connectivity index (χ1n) is 8.05. The topological polar surface area (TPSA) is 47.6 Å². The molecule has 0 aliphatic heterocycles. The number of carbonyl (C=O) groups is 1. The van der Waals surface area contributed by atoms with Crippen LogP contribution < -0.4 is 14.8 Å². The molecule has 2 rings (SSSR count). The molecule has 0 fully saturated rings. The molecule has 1 aromatic carbocycles. The summed E-state index contributed by atoms with van der Waals surface area (Å²) in [6.45, 7) is 1.16. The number of methoxy groups -OCH3 is 1. The highest BCUT2D eigenvalue weighted by molar-refractivity contribution is 7.10. The molecule has 7 heteroatoms. The normalized spacial score (nSPS) is 12.6. The average molecular weight is 381 g/mol. The van der Waals surface area contributed by atoms with Crippen LogP contribution in [0, 0.1) is 5.92 Å². The summed E-state index contributed by atoms with van der Waals surface area (Å²) in [5.41, 5.74) is 0.635. The Morgan fingerprint density at radius 2 is 2.00 bits per heavy atom. The number of benzene rings is 1. The van der Waals surface area contributed by atoms with Gasteiger partial charge in [0.2, 0.25) is 5.91 Å². The number of hydrogen-bond acceptors (Lipinski definition) is 4. The molecular formula is C19H21F2NO3S. The maximum Gasteiger partial charge on any atom is 0.387 e. The molecule has 0 spiro atoms. The Hall–Kier alpha value is -2.41. The smallest absolute Gasteiger partial charge is 0.387 e. The molecule has 0 radical (unpaired) electrons. The predicted octanol–water partition coefficient (Wildman–Crippen LogP) is 4.88. The molecule has 1 heterocycles. The van der Waals surface area contributed by atoms with Crippen LogP contribution in [-0.2, 0) is 4.79 Å². The third-order valence-corrected chi connectivity index (χ3v) is 4.60. The lowest BCUT2D eigenvalue weighted by Gasteiger charge is -2.20. The van der Waals surface area contributed by atoms with Gasteiger partial charge in [-0.25, -0.2) is 0 Å². The average Bonchev–Trinajstić information content (AvgIpc) is 3.12. The molecule has 4 nitrogen and oxygen atoms in total. The molecular weight excluding hydrogens is 360 g/mol. The van der Waals surface area contributed by atoms with E-state index in [0.29, 0.717) is 5.56 Å². The molecule has 26 heavy (non-hydrogen) atoms. The monoisotopic (exact) mass is 381 g/mol. The quantitative estimate of drug-likeness (QED) is 0.663. The van der Waals surface area contributed by atoms with Crippen molar-refractivity contribution in [1.82, 2.24) is 5.32 Å². The number of carbonyl (C=O) groups excluding carboxylic acids is 1. The first-order valence-corrected chi connectivity index (χ1v) is 8.93. The van der Waals surface area contributed by atoms with Crippen molar-refractivity contribution in [2.75, 3.05) is 7.11 Å². The summed E-state index contributed by atoms with van der Waals surface area (Å²) >= 11 is 1.60. The van der Waals surface area contributed by atoms with Gasteiger partial charge in [-0.15, -0.1) is 11.3 Å². The summed E-state index contributed by atoms with van der Waals surface area (Å²) in [5, 5.41) is 4.96. The van der Waals surface area contributed by atoms with E-state index in [-0.39, 0.29) is 29.4 Å². The Labute approximate surface area is 155 Å². The first kappa shape index (κ1) is 19.9. The van der Waals surface area contributed by atoms with Crippen molar-refractivity contribution in [2.45, 2.75) is 26.5 Å². The van der Waals surface area contributed by atoms with Gasteiger partial charge in [-0.3, -0.25) is 4.79 Å². The van der Waals surface area contributed by atoms with Crippen LogP contribution in [0.3, 0.4) is 0 Å². The van der Waals surface area contributed by atoms with Crippen LogP contribution in [-0.4, -0.2) is 19.6 Å². The van der Waals surface area contributed by atoms with Crippen LogP contribution >= 0.6 is 11.3 Å². The van der Waals surface area contributed by atoms with Gasteiger partial charge in [-0.2, -0.15) is 8.78 Å². The van der Waals surface area contributed by atoms with E-state index >= 15 is 0 Å². The molecule has 0 aliphatic carbocycles. The zero-order chi connectivity index (χ0) is 19.1. The van der Waals surface area contributed by atoms with Gasteiger partial charge in [-0.1, -0.05) is 26.0 Å². The zero-order valence-corrected chi connectivity index (χ0v) is 15.6. The molecule has 0 saturated heterocycles. The van der Waals surface area contributed by atoms with E-state index in [1.54, 1.807) is 23.5 Å². The van der Waals surface area contributed by atoms with Gasteiger partial charge in [0.1, 0.15) is 0 Å². The van der Waals surface area contributed by atoms with E-state index in [0.717, 1.165) is 4.88 Å². The minimum absolute atomic E-state index is 0.0540. The van der Waals surface area contributed by atoms with Crippen LogP contribution in [0.15, 0.2) is 41.8 Å². The molecule has 1 N–H and O–H groups in total. The van der Waals surface area contributed by atoms with Gasteiger partial charge >= 0.3 is 6.61 Å². The number of alkyl halides is 2. The van der Waals surface area contributed by atoms with Gasteiger partial charge < -0.3 is 14.8 Å². The summed E-state index contributed by atoms with van der Waals surface area (Å²) < 4.78 is 34.1. The summed E-state index contributed by atoms with van der Waals surface area (Å²) in [5.74, 6) is 0.133. The van der Waals surface area contributed by atoms with E-state index in [2.05, 4.69) is 10.1 Å². The summed E-state index contributed by atoms with van der Waals surface area (Å²) in [4.78, 5) is 13.3. The third-order valence-electron chi connectivity index (χ3n) is 3.65. The lowest BCUT2D eigenvalue weighted by Crippen LogP contribution is -2.29. The Morgan fingerprint density at radius 3 is 2.58 bits per heavy atom. The second-order valence-electron chi connectivity index (χ2n) is 5.87. The van der Waals surface area contributed by atoms with Crippen LogP contribution in [0.25, 0.3) is 6.08 Å². The fourth-order valence-electron chi connectivity index (χ4n) is 2.39. The molecule has 0 aliphatic rings. The number of nitrogens with one attached hydrogen (secondary N) is 1. The lowest BCUT2D eigenvalue weighted by atomic mass is 10.0. The van der Waals surface area contributed by atoms with E-state index in [1.165, 1.54) is 25.3 Å². The third kappa shape index (κ3) is 5.56. The SMILES string of the molecule is COc1cc(/C=C/C(=O)NC(c2cccs2)C(C)C)ccc1OC(F)F. The molecule has 2 aromatic rings. The van der Waals surface area contributed by atoms with Crippen molar-refractivity contribution in [3.8, 4) is 11.5 Å². The first-order chi connectivity index (χ1) is 12.4. The van der Waals surface area contributed by atoms with Gasteiger partial charge in [-0.05, 0) is 41.1 Å². The molecule has 1 aromatic heterocycles. The second-order valence-corrected chi connectivity index (χ2v) is 6.85. The van der Waals surface area contributed by atoms with Gasteiger partial charge in [0, 0.05) is 11.0 Å². The molecule has 0 bridgehead atoms. The molecule has 1 unspecified atom stereocenters. The fourth-order valence-corrected chi connectivity index (χ4v) is 3.34. The van der Waals surface area contributed by atoms with E-state index in [9.17, 15) is 13.6 Å². The van der Waals surface area contributed by atoms with Crippen molar-refractivity contribution in [3.05, 3.63) is 52.2 Å². The largest absolute Gasteiger partial charge is 0.493 e. The number of halogens is 2. The highest BCUT2D eigenvalue weighted by Crippen LogP contribution is 2.30.